The zero-order chi connectivity index (χ0) is 14.7. The average molecular weight is 306 g/mol. The summed E-state index contributed by atoms with van der Waals surface area (Å²) >= 11 is 0. The van der Waals surface area contributed by atoms with Gasteiger partial charge in [-0.3, -0.25) is 4.84 Å². The van der Waals surface area contributed by atoms with E-state index in [0.717, 1.165) is 45.1 Å². The molecule has 0 aromatic rings. The summed E-state index contributed by atoms with van der Waals surface area (Å²) in [4.78, 5) is 7.44. The van der Waals surface area contributed by atoms with Gasteiger partial charge in [-0.2, -0.15) is 0 Å². The van der Waals surface area contributed by atoms with E-state index in [1.54, 1.807) is 0 Å². The normalized spacial score (nSPS) is 17.4. The number of nitrogens with one attached hydrogen (secondary N) is 1. The molecule has 0 aromatic heterocycles. The monoisotopic (exact) mass is 306 g/mol. The molecule has 0 atom stereocenters. The Hall–Kier alpha value is -0.170. The molecule has 0 heterocycles. The maximum absolute atomic E-state index is 11.7. The highest BCUT2D eigenvalue weighted by molar-refractivity contribution is 7.89. The zero-order valence-electron chi connectivity index (χ0n) is 12.5. The maximum Gasteiger partial charge on any atom is 0.233 e. The van der Waals surface area contributed by atoms with Gasteiger partial charge < -0.3 is 5.73 Å². The molecular formula is C14H30N2O3S. The van der Waals surface area contributed by atoms with E-state index in [9.17, 15) is 8.42 Å². The Labute approximate surface area is 123 Å². The molecule has 0 aliphatic heterocycles. The van der Waals surface area contributed by atoms with Gasteiger partial charge in [0.05, 0.1) is 12.4 Å². The molecular weight excluding hydrogens is 276 g/mol. The molecule has 1 aliphatic rings. The summed E-state index contributed by atoms with van der Waals surface area (Å²) in [5.41, 5.74) is 5.41. The van der Waals surface area contributed by atoms with Crippen molar-refractivity contribution in [3.8, 4) is 0 Å². The lowest BCUT2D eigenvalue weighted by Crippen LogP contribution is -2.29. The van der Waals surface area contributed by atoms with E-state index in [-0.39, 0.29) is 5.75 Å². The van der Waals surface area contributed by atoms with Crippen LogP contribution < -0.4 is 10.6 Å². The lowest BCUT2D eigenvalue weighted by atomic mass is 9.90. The van der Waals surface area contributed by atoms with Crippen LogP contribution in [0.1, 0.15) is 64.2 Å². The summed E-state index contributed by atoms with van der Waals surface area (Å²) < 4.78 is 23.4. The van der Waals surface area contributed by atoms with Crippen LogP contribution in [0.2, 0.25) is 0 Å². The van der Waals surface area contributed by atoms with Crippen LogP contribution in [0.25, 0.3) is 0 Å². The summed E-state index contributed by atoms with van der Waals surface area (Å²) in [6, 6.07) is 0. The van der Waals surface area contributed by atoms with Crippen LogP contribution in [0.15, 0.2) is 0 Å². The highest BCUT2D eigenvalue weighted by Crippen LogP contribution is 2.23. The quantitative estimate of drug-likeness (QED) is 0.453. The highest BCUT2D eigenvalue weighted by Gasteiger charge is 2.15. The molecule has 6 heteroatoms. The number of hydrogen-bond donors (Lipinski definition) is 2. The van der Waals surface area contributed by atoms with Gasteiger partial charge in [0, 0.05) is 0 Å². The first-order valence-corrected chi connectivity index (χ1v) is 9.60. The first-order chi connectivity index (χ1) is 9.64. The van der Waals surface area contributed by atoms with Gasteiger partial charge in [0.2, 0.25) is 10.0 Å². The summed E-state index contributed by atoms with van der Waals surface area (Å²) in [5, 5.41) is 0. The van der Waals surface area contributed by atoms with Crippen LogP contribution >= 0.6 is 0 Å². The molecule has 0 saturated heterocycles. The lowest BCUT2D eigenvalue weighted by molar-refractivity contribution is 0.0519. The van der Waals surface area contributed by atoms with Crippen molar-refractivity contribution in [3.05, 3.63) is 0 Å². The zero-order valence-corrected chi connectivity index (χ0v) is 13.3. The number of hydrogen-bond acceptors (Lipinski definition) is 4. The molecule has 0 radical (unpaired) electrons. The third-order valence-electron chi connectivity index (χ3n) is 3.85. The number of unbranched alkanes of at least 4 members (excludes halogenated alkanes) is 4. The van der Waals surface area contributed by atoms with E-state index in [0.29, 0.717) is 18.9 Å². The summed E-state index contributed by atoms with van der Waals surface area (Å²) in [7, 11) is -3.27. The van der Waals surface area contributed by atoms with Gasteiger partial charge in [0.1, 0.15) is 0 Å². The van der Waals surface area contributed by atoms with Crippen LogP contribution in [0, 0.1) is 5.92 Å². The largest absolute Gasteiger partial charge is 0.330 e. The third kappa shape index (κ3) is 8.89. The van der Waals surface area contributed by atoms with Gasteiger partial charge in [0.25, 0.3) is 0 Å². The van der Waals surface area contributed by atoms with Crippen molar-refractivity contribution >= 4 is 10.0 Å². The molecule has 0 amide bonds. The van der Waals surface area contributed by atoms with E-state index in [1.807, 2.05) is 0 Å². The van der Waals surface area contributed by atoms with Gasteiger partial charge in [0.15, 0.2) is 0 Å². The third-order valence-corrected chi connectivity index (χ3v) is 5.04. The Morgan fingerprint density at radius 1 is 1.00 bits per heavy atom. The Kier molecular flexibility index (Phi) is 9.42. The fourth-order valence-electron chi connectivity index (χ4n) is 2.60. The Balaban J connectivity index is 2.02. The minimum atomic E-state index is -3.27. The minimum absolute atomic E-state index is 0.153. The minimum Gasteiger partial charge on any atom is -0.330 e. The smallest absolute Gasteiger partial charge is 0.233 e. The van der Waals surface area contributed by atoms with Crippen LogP contribution in [-0.4, -0.2) is 27.3 Å². The first kappa shape index (κ1) is 17.9. The number of sulfonamides is 1. The van der Waals surface area contributed by atoms with Crippen molar-refractivity contribution in [1.82, 2.24) is 4.89 Å². The van der Waals surface area contributed by atoms with E-state index in [4.69, 9.17) is 10.6 Å². The Morgan fingerprint density at radius 3 is 2.35 bits per heavy atom. The second-order valence-electron chi connectivity index (χ2n) is 5.77. The number of nitrogens with two attached hydrogens (primary N) is 1. The highest BCUT2D eigenvalue weighted by atomic mass is 32.2. The standard InChI is InChI=1S/C14H30N2O3S/c15-11-7-2-1-3-8-12-20(17,18)16-19-13-14-9-5-4-6-10-14/h14,16H,1-13,15H2. The predicted octanol–water partition coefficient (Wildman–Crippen LogP) is 2.33. The van der Waals surface area contributed by atoms with Gasteiger partial charge in [-0.05, 0) is 38.1 Å². The topological polar surface area (TPSA) is 81.4 Å². The summed E-state index contributed by atoms with van der Waals surface area (Å²) in [6.07, 6.45) is 10.9. The molecule has 20 heavy (non-hydrogen) atoms. The molecule has 1 rings (SSSR count). The van der Waals surface area contributed by atoms with E-state index in [1.165, 1.54) is 19.3 Å². The van der Waals surface area contributed by atoms with Crippen LogP contribution in [-0.2, 0) is 14.9 Å². The average Bonchev–Trinajstić information content (AvgIpc) is 2.44. The Bertz CT molecular complexity index is 327. The molecule has 3 N–H and O–H groups in total. The Morgan fingerprint density at radius 2 is 1.65 bits per heavy atom. The maximum atomic E-state index is 11.7. The molecule has 1 saturated carbocycles. The molecule has 0 aromatic carbocycles. The van der Waals surface area contributed by atoms with Crippen molar-refractivity contribution in [2.45, 2.75) is 64.2 Å². The van der Waals surface area contributed by atoms with Crippen molar-refractivity contribution in [1.29, 1.82) is 0 Å². The van der Waals surface area contributed by atoms with E-state index >= 15 is 0 Å². The van der Waals surface area contributed by atoms with Crippen molar-refractivity contribution < 1.29 is 13.3 Å². The van der Waals surface area contributed by atoms with Crippen molar-refractivity contribution in [2.75, 3.05) is 18.9 Å². The summed E-state index contributed by atoms with van der Waals surface area (Å²) in [5.74, 6) is 0.669. The van der Waals surface area contributed by atoms with Gasteiger partial charge >= 0.3 is 0 Å². The van der Waals surface area contributed by atoms with Gasteiger partial charge in [-0.15, -0.1) is 0 Å². The second-order valence-corrected chi connectivity index (χ2v) is 7.58. The summed E-state index contributed by atoms with van der Waals surface area (Å²) in [6.45, 7) is 1.23. The van der Waals surface area contributed by atoms with Crippen molar-refractivity contribution in [3.63, 3.8) is 0 Å². The second kappa shape index (κ2) is 10.5. The molecule has 120 valence electrons. The fraction of sp³-hybridized carbons (Fsp3) is 1.00. The lowest BCUT2D eigenvalue weighted by Gasteiger charge is -2.20. The van der Waals surface area contributed by atoms with E-state index in [2.05, 4.69) is 4.89 Å². The van der Waals surface area contributed by atoms with Crippen molar-refractivity contribution in [2.24, 2.45) is 11.7 Å². The molecule has 0 unspecified atom stereocenters. The van der Waals surface area contributed by atoms with Crippen LogP contribution in [0.5, 0.6) is 0 Å². The fourth-order valence-corrected chi connectivity index (χ4v) is 3.52. The predicted molar refractivity (Wildman–Crippen MR) is 81.6 cm³/mol. The SMILES string of the molecule is NCCCCCCCS(=O)(=O)NOCC1CCCCC1. The van der Waals surface area contributed by atoms with Gasteiger partial charge in [-0.1, -0.05) is 43.4 Å². The molecule has 1 fully saturated rings. The van der Waals surface area contributed by atoms with Crippen LogP contribution in [0.3, 0.4) is 0 Å². The molecule has 5 nitrogen and oxygen atoms in total. The van der Waals surface area contributed by atoms with E-state index < -0.39 is 10.0 Å². The van der Waals surface area contributed by atoms with Gasteiger partial charge in [-0.25, -0.2) is 8.42 Å². The van der Waals surface area contributed by atoms with Crippen LogP contribution in [0.4, 0.5) is 0 Å². The molecule has 0 bridgehead atoms. The first-order valence-electron chi connectivity index (χ1n) is 7.95. The molecule has 1 aliphatic carbocycles. The number of rotatable bonds is 11. The molecule has 0 spiro atoms.